The Labute approximate surface area is 239 Å². The van der Waals surface area contributed by atoms with Crippen LogP contribution in [0.2, 0.25) is 15.1 Å². The van der Waals surface area contributed by atoms with E-state index in [1.54, 1.807) is 30.5 Å². The Hall–Kier alpha value is -3.14. The first-order chi connectivity index (χ1) is 18.4. The van der Waals surface area contributed by atoms with Crippen LogP contribution < -0.4 is 15.5 Å². The third kappa shape index (κ3) is 5.36. The Kier molecular flexibility index (Phi) is 7.88. The zero-order valence-corrected chi connectivity index (χ0v) is 23.0. The maximum atomic E-state index is 12.0. The van der Waals surface area contributed by atoms with Crippen molar-refractivity contribution in [2.75, 3.05) is 23.9 Å². The first kappa shape index (κ1) is 26.5. The van der Waals surface area contributed by atoms with Crippen molar-refractivity contribution in [3.05, 3.63) is 99.4 Å². The summed E-state index contributed by atoms with van der Waals surface area (Å²) >= 11 is 24.8. The molecule has 2 aromatic heterocycles. The quantitative estimate of drug-likeness (QED) is 0.224. The molecular weight excluding hydrogens is 567 g/mol. The number of thiocarbonyl (C=S) groups is 1. The lowest BCUT2D eigenvalue weighted by atomic mass is 10.0. The molecule has 1 aliphatic rings. The number of rotatable bonds is 7. The van der Waals surface area contributed by atoms with Gasteiger partial charge < -0.3 is 24.7 Å². The van der Waals surface area contributed by atoms with Gasteiger partial charge in [0, 0.05) is 29.6 Å². The Morgan fingerprint density at radius 3 is 2.66 bits per heavy atom. The maximum Gasteiger partial charge on any atom is 0.250 e. The number of anilines is 2. The van der Waals surface area contributed by atoms with Gasteiger partial charge in [-0.3, -0.25) is 9.78 Å². The van der Waals surface area contributed by atoms with Gasteiger partial charge in [-0.1, -0.05) is 40.9 Å². The highest BCUT2D eigenvalue weighted by Gasteiger charge is 2.42. The van der Waals surface area contributed by atoms with Gasteiger partial charge in [0.15, 0.2) is 5.11 Å². The minimum absolute atomic E-state index is 0.0789. The smallest absolute Gasteiger partial charge is 0.250 e. The van der Waals surface area contributed by atoms with Crippen molar-refractivity contribution >= 4 is 69.4 Å². The monoisotopic (exact) mass is 586 g/mol. The summed E-state index contributed by atoms with van der Waals surface area (Å²) in [5.74, 6) is 0.925. The number of carbonyl (C=O) groups excluding carboxylic acids is 1. The number of hydrogen-bond donors (Lipinski definition) is 2. The molecular formula is C27H21Cl3N4O3S. The minimum atomic E-state index is -0.401. The van der Waals surface area contributed by atoms with Crippen LogP contribution in [0.15, 0.2) is 77.3 Å². The molecule has 0 unspecified atom stereocenters. The van der Waals surface area contributed by atoms with Crippen LogP contribution in [0.1, 0.15) is 23.5 Å². The van der Waals surface area contributed by atoms with E-state index in [1.807, 2.05) is 47.4 Å². The standard InChI is InChI=1S/C27H21Cl3N4O3S/c1-36-14-24(35)32-20-8-6-16(13-19(20)30)34-26(25(33-27(34)38)21-4-2-3-11-31-21)23-10-9-22(37-23)17-7-5-15(28)12-18(17)29/h2-13,25-26H,14H2,1H3,(H,32,35)(H,33,38)/t25-,26-/m1/s1. The van der Waals surface area contributed by atoms with Gasteiger partial charge in [0.25, 0.3) is 0 Å². The third-order valence-corrected chi connectivity index (χ3v) is 7.17. The second kappa shape index (κ2) is 11.3. The molecule has 2 N–H and O–H groups in total. The third-order valence-electron chi connectivity index (χ3n) is 5.99. The molecule has 2 atom stereocenters. The van der Waals surface area contributed by atoms with Crippen molar-refractivity contribution in [2.45, 2.75) is 12.1 Å². The first-order valence-electron chi connectivity index (χ1n) is 11.5. The van der Waals surface area contributed by atoms with Crippen molar-refractivity contribution < 1.29 is 13.9 Å². The zero-order valence-electron chi connectivity index (χ0n) is 20.0. The van der Waals surface area contributed by atoms with Gasteiger partial charge in [-0.05, 0) is 72.9 Å². The molecule has 11 heteroatoms. The van der Waals surface area contributed by atoms with Crippen LogP contribution in [-0.2, 0) is 9.53 Å². The summed E-state index contributed by atoms with van der Waals surface area (Å²) in [5.41, 5.74) is 2.68. The summed E-state index contributed by atoms with van der Waals surface area (Å²) in [4.78, 5) is 18.5. The minimum Gasteiger partial charge on any atom is -0.459 e. The van der Waals surface area contributed by atoms with Crippen LogP contribution in [0.3, 0.4) is 0 Å². The lowest BCUT2D eigenvalue weighted by Gasteiger charge is -2.26. The van der Waals surface area contributed by atoms with Gasteiger partial charge >= 0.3 is 0 Å². The largest absolute Gasteiger partial charge is 0.459 e. The molecule has 1 fully saturated rings. The van der Waals surface area contributed by atoms with E-state index < -0.39 is 6.04 Å². The van der Waals surface area contributed by atoms with Crippen molar-refractivity contribution in [2.24, 2.45) is 0 Å². The van der Waals surface area contributed by atoms with E-state index in [1.165, 1.54) is 7.11 Å². The lowest BCUT2D eigenvalue weighted by molar-refractivity contribution is -0.119. The molecule has 0 aliphatic carbocycles. The van der Waals surface area contributed by atoms with Crippen LogP contribution in [0.4, 0.5) is 11.4 Å². The molecule has 0 spiro atoms. The molecule has 1 saturated heterocycles. The van der Waals surface area contributed by atoms with Crippen LogP contribution in [0.5, 0.6) is 0 Å². The normalized spacial score (nSPS) is 16.9. The SMILES string of the molecule is COCC(=O)Nc1ccc(N2C(=S)N[C@H](c3ccccn3)[C@H]2c2ccc(-c3ccc(Cl)cc3Cl)o2)cc1Cl. The second-order valence-corrected chi connectivity index (χ2v) is 10.1. The molecule has 5 rings (SSSR count). The summed E-state index contributed by atoms with van der Waals surface area (Å²) in [6, 6.07) is 19.3. The summed E-state index contributed by atoms with van der Waals surface area (Å²) in [7, 11) is 1.45. The van der Waals surface area contributed by atoms with Gasteiger partial charge in [0.1, 0.15) is 24.2 Å². The predicted molar refractivity (Wildman–Crippen MR) is 154 cm³/mol. The Morgan fingerprint density at radius 1 is 1.11 bits per heavy atom. The summed E-state index contributed by atoms with van der Waals surface area (Å²) < 4.78 is 11.2. The Balaban J connectivity index is 1.55. The highest BCUT2D eigenvalue weighted by Crippen LogP contribution is 2.44. The van der Waals surface area contributed by atoms with Gasteiger partial charge in [0.05, 0.1) is 27.5 Å². The number of amides is 1. The van der Waals surface area contributed by atoms with Crippen LogP contribution in [0.25, 0.3) is 11.3 Å². The molecule has 7 nitrogen and oxygen atoms in total. The molecule has 1 aliphatic heterocycles. The first-order valence-corrected chi connectivity index (χ1v) is 13.0. The topological polar surface area (TPSA) is 79.6 Å². The van der Waals surface area contributed by atoms with E-state index in [0.717, 1.165) is 11.3 Å². The maximum absolute atomic E-state index is 12.0. The van der Waals surface area contributed by atoms with Gasteiger partial charge in [0.2, 0.25) is 5.91 Å². The number of methoxy groups -OCH3 is 1. The molecule has 194 valence electrons. The van der Waals surface area contributed by atoms with E-state index in [0.29, 0.717) is 43.1 Å². The molecule has 2 aromatic carbocycles. The number of halogens is 3. The van der Waals surface area contributed by atoms with Crippen LogP contribution >= 0.6 is 47.0 Å². The molecule has 3 heterocycles. The van der Waals surface area contributed by atoms with E-state index in [4.69, 9.17) is 56.2 Å². The Morgan fingerprint density at radius 2 is 1.95 bits per heavy atom. The molecule has 0 saturated carbocycles. The average Bonchev–Trinajstić information content (AvgIpc) is 3.50. The highest BCUT2D eigenvalue weighted by atomic mass is 35.5. The number of pyridine rings is 1. The van der Waals surface area contributed by atoms with Crippen molar-refractivity contribution in [3.63, 3.8) is 0 Å². The van der Waals surface area contributed by atoms with Gasteiger partial charge in [-0.2, -0.15) is 0 Å². The molecule has 0 bridgehead atoms. The number of carbonyl (C=O) groups is 1. The predicted octanol–water partition coefficient (Wildman–Crippen LogP) is 7.06. The zero-order chi connectivity index (χ0) is 26.8. The van der Waals surface area contributed by atoms with Crippen LogP contribution in [-0.4, -0.2) is 29.7 Å². The highest BCUT2D eigenvalue weighted by molar-refractivity contribution is 7.80. The Bertz CT molecular complexity index is 1500. The molecule has 38 heavy (non-hydrogen) atoms. The van der Waals surface area contributed by atoms with Crippen molar-refractivity contribution in [1.29, 1.82) is 0 Å². The number of nitrogens with one attached hydrogen (secondary N) is 2. The van der Waals surface area contributed by atoms with Gasteiger partial charge in [-0.15, -0.1) is 0 Å². The summed E-state index contributed by atoms with van der Waals surface area (Å²) in [5, 5.41) is 7.96. The van der Waals surface area contributed by atoms with Crippen molar-refractivity contribution in [3.8, 4) is 11.3 Å². The van der Waals surface area contributed by atoms with E-state index >= 15 is 0 Å². The van der Waals surface area contributed by atoms with Crippen LogP contribution in [0, 0.1) is 0 Å². The fourth-order valence-corrected chi connectivity index (χ4v) is 5.41. The van der Waals surface area contributed by atoms with Gasteiger partial charge in [-0.25, -0.2) is 0 Å². The van der Waals surface area contributed by atoms with Crippen molar-refractivity contribution in [1.82, 2.24) is 10.3 Å². The molecule has 0 radical (unpaired) electrons. The number of benzene rings is 2. The number of nitrogens with zero attached hydrogens (tertiary/aromatic N) is 2. The lowest BCUT2D eigenvalue weighted by Crippen LogP contribution is -2.29. The number of ether oxygens (including phenoxy) is 1. The van der Waals surface area contributed by atoms with E-state index in [-0.39, 0.29) is 18.6 Å². The number of aromatic nitrogens is 1. The fourth-order valence-electron chi connectivity index (χ4n) is 4.34. The average molecular weight is 588 g/mol. The van der Waals surface area contributed by atoms with E-state index in [9.17, 15) is 4.79 Å². The van der Waals surface area contributed by atoms with E-state index in [2.05, 4.69) is 15.6 Å². The molecule has 1 amide bonds. The summed E-state index contributed by atoms with van der Waals surface area (Å²) in [6.07, 6.45) is 1.73. The fraction of sp³-hybridized carbons (Fsp3) is 0.148. The summed E-state index contributed by atoms with van der Waals surface area (Å²) in [6.45, 7) is -0.0789. The number of furan rings is 1. The number of hydrogen-bond acceptors (Lipinski definition) is 5. The second-order valence-electron chi connectivity index (χ2n) is 8.47. The molecule has 4 aromatic rings.